The molecular weight excluding hydrogens is 803 g/mol. The molecule has 3 N–H and O–H groups in total. The first-order valence-corrected chi connectivity index (χ1v) is 24.5. The number of rotatable bonds is 12. The smallest absolute Gasteiger partial charge is 0.269 e. The van der Waals surface area contributed by atoms with Crippen molar-refractivity contribution in [3.8, 4) is 0 Å². The molecule has 0 aromatic heterocycles. The highest BCUT2D eigenvalue weighted by Crippen LogP contribution is 2.75. The molecule has 0 bridgehead atoms. The van der Waals surface area contributed by atoms with E-state index in [4.69, 9.17) is 0 Å². The fraction of sp³-hybridized carbons (Fsp3) is 0.680. The lowest BCUT2D eigenvalue weighted by molar-refractivity contribution is -0.384. The van der Waals surface area contributed by atoms with Gasteiger partial charge in [-0.25, -0.2) is 8.42 Å². The van der Waals surface area contributed by atoms with Crippen LogP contribution in [0.15, 0.2) is 71.1 Å². The summed E-state index contributed by atoms with van der Waals surface area (Å²) in [4.78, 5) is 40.2. The molecule has 12 heteroatoms. The second-order valence-corrected chi connectivity index (χ2v) is 24.4. The van der Waals surface area contributed by atoms with Crippen molar-refractivity contribution in [2.24, 2.45) is 56.2 Å². The molecule has 0 unspecified atom stereocenters. The molecule has 0 radical (unpaired) electrons. The van der Waals surface area contributed by atoms with E-state index in [9.17, 15) is 38.3 Å². The Bertz CT molecular complexity index is 2190. The normalized spacial score (nSPS) is 36.3. The Labute approximate surface area is 369 Å². The summed E-state index contributed by atoms with van der Waals surface area (Å²) in [5.74, 6) is 0.288. The van der Waals surface area contributed by atoms with E-state index in [2.05, 4.69) is 46.9 Å². The molecular formula is C50H71N3O8S. The van der Waals surface area contributed by atoms with Gasteiger partial charge in [0, 0.05) is 36.6 Å². The second-order valence-electron chi connectivity index (χ2n) is 22.4. The van der Waals surface area contributed by atoms with Gasteiger partial charge in [0.25, 0.3) is 5.69 Å². The average molecular weight is 874 g/mol. The number of sulfonamides is 1. The Kier molecular flexibility index (Phi) is 12.2. The van der Waals surface area contributed by atoms with Crippen LogP contribution in [0.4, 0.5) is 5.69 Å². The Balaban J connectivity index is 1.13. The Morgan fingerprint density at radius 3 is 2.19 bits per heavy atom. The first-order valence-electron chi connectivity index (χ1n) is 23.0. The highest BCUT2D eigenvalue weighted by atomic mass is 32.2. The third-order valence-electron chi connectivity index (χ3n) is 17.7. The van der Waals surface area contributed by atoms with Crippen molar-refractivity contribution < 1.29 is 33.1 Å². The van der Waals surface area contributed by atoms with Crippen molar-refractivity contribution in [2.75, 3.05) is 13.1 Å². The number of nitrogens with one attached hydrogen (secondary N) is 1. The zero-order chi connectivity index (χ0) is 45.4. The molecule has 2 aromatic rings. The molecule has 0 saturated heterocycles. The maximum atomic E-state index is 14.8. The predicted molar refractivity (Wildman–Crippen MR) is 240 cm³/mol. The molecule has 11 atom stereocenters. The molecule has 5 aliphatic rings. The van der Waals surface area contributed by atoms with Crippen LogP contribution >= 0.6 is 0 Å². The number of non-ortho nitro benzene ring substituents is 1. The van der Waals surface area contributed by atoms with Crippen LogP contribution < -0.4 is 5.32 Å². The zero-order valence-corrected chi connectivity index (χ0v) is 39.3. The van der Waals surface area contributed by atoms with Gasteiger partial charge in [-0.1, -0.05) is 98.2 Å². The Morgan fingerprint density at radius 2 is 1.56 bits per heavy atom. The number of benzene rings is 2. The van der Waals surface area contributed by atoms with Gasteiger partial charge < -0.3 is 15.5 Å². The van der Waals surface area contributed by atoms with Gasteiger partial charge in [-0.05, 0) is 133 Å². The van der Waals surface area contributed by atoms with E-state index in [1.54, 1.807) is 0 Å². The van der Waals surface area contributed by atoms with Crippen LogP contribution in [-0.4, -0.2) is 70.9 Å². The van der Waals surface area contributed by atoms with Crippen LogP contribution in [0.2, 0.25) is 0 Å². The van der Waals surface area contributed by atoms with E-state index in [1.807, 2.05) is 57.2 Å². The summed E-state index contributed by atoms with van der Waals surface area (Å²) in [6.45, 7) is 19.4. The van der Waals surface area contributed by atoms with E-state index >= 15 is 0 Å². The predicted octanol–water partition coefficient (Wildman–Crippen LogP) is 8.67. The number of allylic oxidation sites excluding steroid dienone is 2. The maximum absolute atomic E-state index is 14.8. The van der Waals surface area contributed by atoms with Crippen molar-refractivity contribution in [3.63, 3.8) is 0 Å². The van der Waals surface area contributed by atoms with Crippen LogP contribution in [0.1, 0.15) is 126 Å². The van der Waals surface area contributed by atoms with Crippen molar-refractivity contribution in [1.82, 2.24) is 9.62 Å². The molecule has 1 amide bonds. The van der Waals surface area contributed by atoms with Gasteiger partial charge in [-0.15, -0.1) is 0 Å². The summed E-state index contributed by atoms with van der Waals surface area (Å²) in [5.41, 5.74) is 0.0897. The monoisotopic (exact) mass is 873 g/mol. The van der Waals surface area contributed by atoms with Crippen LogP contribution in [-0.2, 0) is 26.0 Å². The van der Waals surface area contributed by atoms with Gasteiger partial charge in [0.05, 0.1) is 28.1 Å². The molecule has 62 heavy (non-hydrogen) atoms. The summed E-state index contributed by atoms with van der Waals surface area (Å²) in [6.07, 6.45) is 8.04. The van der Waals surface area contributed by atoms with Crippen molar-refractivity contribution >= 4 is 27.4 Å². The molecule has 5 aliphatic carbocycles. The number of nitro benzene ring substituents is 1. The highest BCUT2D eigenvalue weighted by Gasteiger charge is 2.70. The third kappa shape index (κ3) is 7.70. The molecule has 7 rings (SSSR count). The fourth-order valence-electron chi connectivity index (χ4n) is 14.1. The number of nitrogens with zero attached hydrogens (tertiary/aromatic N) is 2. The first kappa shape index (κ1) is 46.5. The number of aliphatic hydroxyl groups is 2. The van der Waals surface area contributed by atoms with E-state index in [1.165, 1.54) is 22.0 Å². The number of carbonyl (C=O) groups is 2. The minimum atomic E-state index is -4.17. The number of hydrogen-bond acceptors (Lipinski definition) is 8. The van der Waals surface area contributed by atoms with Gasteiger partial charge in [-0.3, -0.25) is 19.7 Å². The highest BCUT2D eigenvalue weighted by molar-refractivity contribution is 7.89. The molecule has 4 fully saturated rings. The average Bonchev–Trinajstić information content (AvgIpc) is 3.19. The molecule has 340 valence electrons. The fourth-order valence-corrected chi connectivity index (χ4v) is 15.8. The van der Waals surface area contributed by atoms with Crippen LogP contribution in [0.3, 0.4) is 0 Å². The molecule has 11 nitrogen and oxygen atoms in total. The van der Waals surface area contributed by atoms with Crippen molar-refractivity contribution in [3.05, 3.63) is 81.9 Å². The number of aliphatic hydroxyl groups excluding tert-OH is 2. The first-order chi connectivity index (χ1) is 28.8. The topological polar surface area (TPSA) is 167 Å². The number of carbonyl (C=O) groups excluding carboxylic acids is 2. The van der Waals surface area contributed by atoms with Crippen molar-refractivity contribution in [1.29, 1.82) is 0 Å². The lowest BCUT2D eigenvalue weighted by Crippen LogP contribution is -2.66. The van der Waals surface area contributed by atoms with Crippen LogP contribution in [0, 0.1) is 66.3 Å². The lowest BCUT2D eigenvalue weighted by atomic mass is 9.33. The van der Waals surface area contributed by atoms with Crippen molar-refractivity contribution in [2.45, 2.75) is 150 Å². The van der Waals surface area contributed by atoms with Gasteiger partial charge in [0.1, 0.15) is 0 Å². The Morgan fingerprint density at radius 1 is 0.903 bits per heavy atom. The summed E-state index contributed by atoms with van der Waals surface area (Å²) >= 11 is 0. The largest absolute Gasteiger partial charge is 0.393 e. The van der Waals surface area contributed by atoms with E-state index < -0.39 is 32.5 Å². The van der Waals surface area contributed by atoms with E-state index in [-0.39, 0.29) is 98.6 Å². The Hall–Kier alpha value is -3.45. The number of amides is 1. The van der Waals surface area contributed by atoms with Gasteiger partial charge in [0.15, 0.2) is 5.78 Å². The quantitative estimate of drug-likeness (QED) is 0.141. The summed E-state index contributed by atoms with van der Waals surface area (Å²) in [5, 5.41) is 37.7. The van der Waals surface area contributed by atoms with Gasteiger partial charge in [-0.2, -0.15) is 4.31 Å². The standard InChI is InChI=1S/C50H71N3O8S/c1-32(2)29-52(62(60,61)35-17-15-34(16-18-35)53(58)59)30-40(55)38(27-33-13-11-10-12-14-33)51-44(57)47(6)22-19-36-37-28-39(54)43-48(7)23-21-42(56)45(3,4)41(48)20-24-50(43,9)49(37,8)26-25-46(36,5)31-47/h10-18,28,32,36,38,40-43,55-56H,19-27,29-31H2,1-9H3,(H,51,57)/t36-,38+,40-,41+,42+,43-,46+,47-,48+,49-,50-/m1/s1. The molecule has 0 spiro atoms. The van der Waals surface area contributed by atoms with E-state index in [0.29, 0.717) is 12.8 Å². The summed E-state index contributed by atoms with van der Waals surface area (Å²) in [7, 11) is -4.17. The molecule has 0 aliphatic heterocycles. The number of nitro groups is 1. The number of hydrogen-bond donors (Lipinski definition) is 3. The lowest BCUT2D eigenvalue weighted by Gasteiger charge is -2.70. The molecule has 4 saturated carbocycles. The third-order valence-corrected chi connectivity index (χ3v) is 19.5. The van der Waals surface area contributed by atoms with Crippen LogP contribution in [0.5, 0.6) is 0 Å². The molecule has 2 aromatic carbocycles. The SMILES string of the molecule is CC(C)CN(C[C@@H](O)[C@H](Cc1ccccc1)NC(=O)[C@]1(C)CC[C@@H]2C3=CC(=O)[C@@H]4[C@@]5(C)CC[C@H](O)C(C)(C)[C@@H]5CC[C@@]4(C)[C@]3(C)CC[C@@]2(C)C1)S(=O)(=O)c1ccc([N+](=O)[O-])cc1. The second kappa shape index (κ2) is 16.2. The molecule has 0 heterocycles. The number of ketones is 1. The summed E-state index contributed by atoms with van der Waals surface area (Å²) in [6, 6.07) is 13.5. The van der Waals surface area contributed by atoms with Gasteiger partial charge >= 0.3 is 0 Å². The minimum Gasteiger partial charge on any atom is -0.393 e. The van der Waals surface area contributed by atoms with Gasteiger partial charge in [0.2, 0.25) is 15.9 Å². The maximum Gasteiger partial charge on any atom is 0.269 e. The minimum absolute atomic E-state index is 0.0951. The summed E-state index contributed by atoms with van der Waals surface area (Å²) < 4.78 is 29.3. The number of fused-ring (bicyclic) bond motifs is 7. The van der Waals surface area contributed by atoms with Crippen LogP contribution in [0.25, 0.3) is 0 Å². The zero-order valence-electron chi connectivity index (χ0n) is 38.4. The van der Waals surface area contributed by atoms with E-state index in [0.717, 1.165) is 62.6 Å².